The Hall–Kier alpha value is -1.70. The largest absolute Gasteiger partial charge is 0.369 e. The second-order valence-corrected chi connectivity index (χ2v) is 11.8. The Kier molecular flexibility index (Phi) is 9.32. The zero-order chi connectivity index (χ0) is 23.0. The summed E-state index contributed by atoms with van der Waals surface area (Å²) < 4.78 is 27.4. The Bertz CT molecular complexity index is 941. The maximum atomic E-state index is 12.3. The molecule has 0 atom stereocenters. The first-order chi connectivity index (χ1) is 15.4. The van der Waals surface area contributed by atoms with E-state index in [1.54, 1.807) is 25.6 Å². The van der Waals surface area contributed by atoms with Gasteiger partial charge in [0.15, 0.2) is 0 Å². The fourth-order valence-electron chi connectivity index (χ4n) is 3.97. The summed E-state index contributed by atoms with van der Waals surface area (Å²) in [5.74, 6) is 0. The molecule has 7 heteroatoms. The van der Waals surface area contributed by atoms with Crippen molar-refractivity contribution in [2.75, 3.05) is 48.6 Å². The molecule has 0 radical (unpaired) electrons. The monoisotopic (exact) mass is 475 g/mol. The van der Waals surface area contributed by atoms with Crippen LogP contribution >= 0.6 is 11.8 Å². The van der Waals surface area contributed by atoms with Crippen molar-refractivity contribution in [2.24, 2.45) is 0 Å². The summed E-state index contributed by atoms with van der Waals surface area (Å²) in [4.78, 5) is 6.01. The average Bonchev–Trinajstić information content (AvgIpc) is 2.80. The van der Waals surface area contributed by atoms with Gasteiger partial charge in [-0.15, -0.1) is 11.8 Å². The third-order valence-corrected chi connectivity index (χ3v) is 8.61. The number of nitrogens with zero attached hydrogens (tertiary/aromatic N) is 2. The van der Waals surface area contributed by atoms with E-state index in [-0.39, 0.29) is 0 Å². The normalized spacial score (nSPS) is 15.3. The van der Waals surface area contributed by atoms with Gasteiger partial charge in [-0.2, -0.15) is 0 Å². The quantitative estimate of drug-likeness (QED) is 0.362. The molecule has 2 aromatic carbocycles. The van der Waals surface area contributed by atoms with Crippen molar-refractivity contribution in [3.05, 3.63) is 54.1 Å². The van der Waals surface area contributed by atoms with Gasteiger partial charge in [0.05, 0.1) is 10.9 Å². The number of unbranched alkanes of at least 4 members (excludes halogenated alkanes) is 2. The number of piperazine rings is 1. The SMILES string of the molecule is CSc1ccc(CCCCCN2CCN(c3ccccc3)CC2)cc1NS(=O)(=O)C(C)C. The Morgan fingerprint density at radius 1 is 0.969 bits per heavy atom. The number of thioether (sulfide) groups is 1. The lowest BCUT2D eigenvalue weighted by Gasteiger charge is -2.36. The van der Waals surface area contributed by atoms with E-state index in [2.05, 4.69) is 50.9 Å². The van der Waals surface area contributed by atoms with E-state index in [9.17, 15) is 8.42 Å². The molecular weight excluding hydrogens is 438 g/mol. The van der Waals surface area contributed by atoms with Crippen LogP contribution in [-0.2, 0) is 16.4 Å². The predicted octanol–water partition coefficient (Wildman–Crippen LogP) is 5.09. The summed E-state index contributed by atoms with van der Waals surface area (Å²) in [6.07, 6.45) is 6.48. The summed E-state index contributed by atoms with van der Waals surface area (Å²) in [5.41, 5.74) is 3.23. The second-order valence-electron chi connectivity index (χ2n) is 8.71. The Labute approximate surface area is 198 Å². The Morgan fingerprint density at radius 3 is 2.34 bits per heavy atom. The van der Waals surface area contributed by atoms with Crippen molar-refractivity contribution in [1.82, 2.24) is 4.90 Å². The molecule has 176 valence electrons. The van der Waals surface area contributed by atoms with Gasteiger partial charge in [-0.3, -0.25) is 9.62 Å². The zero-order valence-electron chi connectivity index (χ0n) is 19.6. The van der Waals surface area contributed by atoms with Crippen LogP contribution in [0.2, 0.25) is 0 Å². The molecule has 1 aliphatic rings. The second kappa shape index (κ2) is 12.0. The number of hydrogen-bond acceptors (Lipinski definition) is 5. The zero-order valence-corrected chi connectivity index (χ0v) is 21.2. The minimum atomic E-state index is -3.34. The molecule has 1 fully saturated rings. The van der Waals surface area contributed by atoms with Crippen molar-refractivity contribution in [3.8, 4) is 0 Å². The lowest BCUT2D eigenvalue weighted by atomic mass is 10.1. The van der Waals surface area contributed by atoms with E-state index < -0.39 is 15.3 Å². The minimum Gasteiger partial charge on any atom is -0.369 e. The van der Waals surface area contributed by atoms with Crippen LogP contribution in [0.4, 0.5) is 11.4 Å². The van der Waals surface area contributed by atoms with E-state index in [0.29, 0.717) is 5.69 Å². The van der Waals surface area contributed by atoms with Crippen molar-refractivity contribution >= 4 is 33.2 Å². The number of sulfonamides is 1. The molecule has 0 unspecified atom stereocenters. The summed E-state index contributed by atoms with van der Waals surface area (Å²) >= 11 is 1.57. The van der Waals surface area contributed by atoms with Crippen LogP contribution in [0.1, 0.15) is 38.7 Å². The van der Waals surface area contributed by atoms with Crippen LogP contribution in [0, 0.1) is 0 Å². The van der Waals surface area contributed by atoms with Crippen molar-refractivity contribution in [1.29, 1.82) is 0 Å². The molecule has 1 aliphatic heterocycles. The molecule has 0 saturated carbocycles. The number of benzene rings is 2. The van der Waals surface area contributed by atoms with Gasteiger partial charge >= 0.3 is 0 Å². The van der Waals surface area contributed by atoms with Gasteiger partial charge in [-0.25, -0.2) is 8.42 Å². The smallest absolute Gasteiger partial charge is 0.235 e. The van der Waals surface area contributed by atoms with Gasteiger partial charge in [0, 0.05) is 36.8 Å². The highest BCUT2D eigenvalue weighted by molar-refractivity contribution is 7.99. The van der Waals surface area contributed by atoms with Gasteiger partial charge < -0.3 is 4.90 Å². The highest BCUT2D eigenvalue weighted by Gasteiger charge is 2.18. The molecule has 1 N–H and O–H groups in total. The number of aryl methyl sites for hydroxylation is 1. The van der Waals surface area contributed by atoms with E-state index in [0.717, 1.165) is 50.5 Å². The fraction of sp³-hybridized carbons (Fsp3) is 0.520. The number of hydrogen-bond donors (Lipinski definition) is 1. The highest BCUT2D eigenvalue weighted by atomic mass is 32.2. The topological polar surface area (TPSA) is 52.6 Å². The summed E-state index contributed by atoms with van der Waals surface area (Å²) in [6.45, 7) is 9.02. The molecule has 0 bridgehead atoms. The van der Waals surface area contributed by atoms with Crippen LogP contribution in [-0.4, -0.2) is 57.5 Å². The van der Waals surface area contributed by atoms with Gasteiger partial charge in [0.2, 0.25) is 10.0 Å². The molecule has 0 aliphatic carbocycles. The number of anilines is 2. The summed E-state index contributed by atoms with van der Waals surface area (Å²) in [5, 5.41) is -0.449. The molecule has 1 saturated heterocycles. The number of nitrogens with one attached hydrogen (secondary N) is 1. The first-order valence-electron chi connectivity index (χ1n) is 11.6. The van der Waals surface area contributed by atoms with Crippen molar-refractivity contribution < 1.29 is 8.42 Å². The van der Waals surface area contributed by atoms with Gasteiger partial charge in [0.25, 0.3) is 0 Å². The van der Waals surface area contributed by atoms with E-state index >= 15 is 0 Å². The third-order valence-electron chi connectivity index (χ3n) is 6.07. The molecule has 0 aromatic heterocycles. The van der Waals surface area contributed by atoms with Crippen LogP contribution in [0.25, 0.3) is 0 Å². The van der Waals surface area contributed by atoms with Gasteiger partial charge in [-0.05, 0) is 75.7 Å². The maximum absolute atomic E-state index is 12.3. The van der Waals surface area contributed by atoms with Crippen molar-refractivity contribution in [3.63, 3.8) is 0 Å². The fourth-order valence-corrected chi connectivity index (χ4v) is 5.28. The Morgan fingerprint density at radius 2 is 1.69 bits per heavy atom. The molecule has 0 amide bonds. The highest BCUT2D eigenvalue weighted by Crippen LogP contribution is 2.28. The van der Waals surface area contributed by atoms with E-state index in [1.165, 1.54) is 24.1 Å². The average molecular weight is 476 g/mol. The predicted molar refractivity (Wildman–Crippen MR) is 139 cm³/mol. The number of para-hydroxylation sites is 1. The standard InChI is InChI=1S/C25H37N3O2S2/c1-21(2)32(29,30)26-24-20-22(13-14-25(24)31-3)10-6-5-9-15-27-16-18-28(19-17-27)23-11-7-4-8-12-23/h4,7-8,11-14,20-21,26H,5-6,9-10,15-19H2,1-3H3. The summed E-state index contributed by atoms with van der Waals surface area (Å²) in [6, 6.07) is 16.8. The summed E-state index contributed by atoms with van der Waals surface area (Å²) in [7, 11) is -3.34. The lowest BCUT2D eigenvalue weighted by molar-refractivity contribution is 0.252. The molecule has 3 rings (SSSR count). The molecule has 1 heterocycles. The van der Waals surface area contributed by atoms with E-state index in [1.807, 2.05) is 18.4 Å². The molecule has 2 aromatic rings. The molecular formula is C25H37N3O2S2. The molecule has 5 nitrogen and oxygen atoms in total. The first-order valence-corrected chi connectivity index (χ1v) is 14.4. The van der Waals surface area contributed by atoms with Crippen LogP contribution in [0.5, 0.6) is 0 Å². The Balaban J connectivity index is 1.40. The van der Waals surface area contributed by atoms with Gasteiger partial charge in [0.1, 0.15) is 0 Å². The maximum Gasteiger partial charge on any atom is 0.235 e. The first kappa shape index (κ1) is 24.9. The molecule has 0 spiro atoms. The van der Waals surface area contributed by atoms with Gasteiger partial charge in [-0.1, -0.05) is 30.7 Å². The third kappa shape index (κ3) is 7.15. The van der Waals surface area contributed by atoms with Crippen LogP contribution in [0.15, 0.2) is 53.4 Å². The van der Waals surface area contributed by atoms with Crippen LogP contribution in [0.3, 0.4) is 0 Å². The molecule has 32 heavy (non-hydrogen) atoms. The number of rotatable bonds is 11. The lowest BCUT2D eigenvalue weighted by Crippen LogP contribution is -2.46. The van der Waals surface area contributed by atoms with Crippen LogP contribution < -0.4 is 9.62 Å². The minimum absolute atomic E-state index is 0.449. The van der Waals surface area contributed by atoms with Crippen molar-refractivity contribution in [2.45, 2.75) is 49.7 Å². The van der Waals surface area contributed by atoms with E-state index in [4.69, 9.17) is 0 Å².